The molecule has 144 valence electrons. The number of hydrogen-bond acceptors (Lipinski definition) is 4. The molecule has 2 heterocycles. The quantitative estimate of drug-likeness (QED) is 0.819. The van der Waals surface area contributed by atoms with E-state index in [-0.39, 0.29) is 24.0 Å². The van der Waals surface area contributed by atoms with Gasteiger partial charge in [0.15, 0.2) is 5.13 Å². The lowest BCUT2D eigenvalue weighted by Crippen LogP contribution is -2.54. The van der Waals surface area contributed by atoms with Crippen LogP contribution in [0.15, 0.2) is 6.20 Å². The van der Waals surface area contributed by atoms with E-state index in [2.05, 4.69) is 10.3 Å². The topological polar surface area (TPSA) is 65.5 Å². The minimum Gasteiger partial charge on any atom is -0.343 e. The zero-order chi connectivity index (χ0) is 18.5. The predicted molar refractivity (Wildman–Crippen MR) is 105 cm³/mol. The SMILES string of the molecule is CCC(=O)N1CCC(N(C(=O)Nc2ncc(Cl)s2)C2CCCCC2)CC1. The summed E-state index contributed by atoms with van der Waals surface area (Å²) in [5.74, 6) is 0.203. The van der Waals surface area contributed by atoms with Crippen molar-refractivity contribution in [3.8, 4) is 0 Å². The largest absolute Gasteiger partial charge is 0.343 e. The highest BCUT2D eigenvalue weighted by Gasteiger charge is 2.34. The highest BCUT2D eigenvalue weighted by atomic mass is 35.5. The van der Waals surface area contributed by atoms with Gasteiger partial charge < -0.3 is 9.80 Å². The maximum Gasteiger partial charge on any atom is 0.324 e. The molecule has 3 amide bonds. The summed E-state index contributed by atoms with van der Waals surface area (Å²) in [4.78, 5) is 33.1. The average molecular weight is 399 g/mol. The van der Waals surface area contributed by atoms with Crippen molar-refractivity contribution in [1.29, 1.82) is 0 Å². The molecule has 0 bridgehead atoms. The van der Waals surface area contributed by atoms with Gasteiger partial charge in [0.25, 0.3) is 0 Å². The van der Waals surface area contributed by atoms with E-state index in [1.807, 2.05) is 16.7 Å². The normalized spacial score (nSPS) is 19.4. The minimum atomic E-state index is -0.0804. The molecule has 8 heteroatoms. The fourth-order valence-electron chi connectivity index (χ4n) is 4.07. The number of nitrogens with zero attached hydrogens (tertiary/aromatic N) is 3. The van der Waals surface area contributed by atoms with Crippen LogP contribution >= 0.6 is 22.9 Å². The van der Waals surface area contributed by atoms with Crippen molar-refractivity contribution in [2.24, 2.45) is 0 Å². The van der Waals surface area contributed by atoms with Gasteiger partial charge in [-0.05, 0) is 25.7 Å². The van der Waals surface area contributed by atoms with Crippen LogP contribution in [0.2, 0.25) is 4.34 Å². The highest BCUT2D eigenvalue weighted by molar-refractivity contribution is 7.19. The number of urea groups is 1. The molecule has 0 atom stereocenters. The maximum atomic E-state index is 13.0. The Balaban J connectivity index is 1.69. The van der Waals surface area contributed by atoms with E-state index in [0.717, 1.165) is 38.8 Å². The molecular weight excluding hydrogens is 372 g/mol. The van der Waals surface area contributed by atoms with Crippen LogP contribution in [0.3, 0.4) is 0 Å². The summed E-state index contributed by atoms with van der Waals surface area (Å²) in [6.45, 7) is 3.36. The number of piperidine rings is 1. The number of rotatable bonds is 4. The van der Waals surface area contributed by atoms with Crippen molar-refractivity contribution in [1.82, 2.24) is 14.8 Å². The average Bonchev–Trinajstić information content (AvgIpc) is 3.07. The Morgan fingerprint density at radius 3 is 2.46 bits per heavy atom. The van der Waals surface area contributed by atoms with E-state index in [9.17, 15) is 9.59 Å². The van der Waals surface area contributed by atoms with E-state index in [1.54, 1.807) is 6.20 Å². The number of amides is 3. The van der Waals surface area contributed by atoms with Crippen LogP contribution in [0.5, 0.6) is 0 Å². The third-order valence-electron chi connectivity index (χ3n) is 5.41. The first-order valence-corrected chi connectivity index (χ1v) is 10.8. The van der Waals surface area contributed by atoms with Gasteiger partial charge in [-0.3, -0.25) is 10.1 Å². The molecule has 3 rings (SSSR count). The first-order chi connectivity index (χ1) is 12.6. The Morgan fingerprint density at radius 2 is 1.88 bits per heavy atom. The number of halogens is 1. The number of hydrogen-bond donors (Lipinski definition) is 1. The Labute approximate surface area is 163 Å². The Bertz CT molecular complexity index is 624. The molecule has 1 saturated carbocycles. The number of aromatic nitrogens is 1. The number of thiazole rings is 1. The number of anilines is 1. The van der Waals surface area contributed by atoms with Crippen LogP contribution in [0.4, 0.5) is 9.93 Å². The van der Waals surface area contributed by atoms with Crippen LogP contribution in [0, 0.1) is 0 Å². The van der Waals surface area contributed by atoms with Gasteiger partial charge in [0.05, 0.1) is 6.20 Å². The molecule has 1 saturated heterocycles. The summed E-state index contributed by atoms with van der Waals surface area (Å²) in [5, 5.41) is 3.47. The number of likely N-dealkylation sites (tertiary alicyclic amines) is 1. The van der Waals surface area contributed by atoms with E-state index >= 15 is 0 Å². The van der Waals surface area contributed by atoms with E-state index in [1.165, 1.54) is 30.6 Å². The minimum absolute atomic E-state index is 0.0804. The number of carbonyl (C=O) groups is 2. The molecule has 0 radical (unpaired) electrons. The van der Waals surface area contributed by atoms with Gasteiger partial charge in [-0.15, -0.1) is 0 Å². The van der Waals surface area contributed by atoms with E-state index < -0.39 is 0 Å². The van der Waals surface area contributed by atoms with Crippen molar-refractivity contribution in [3.05, 3.63) is 10.5 Å². The Morgan fingerprint density at radius 1 is 1.23 bits per heavy atom. The lowest BCUT2D eigenvalue weighted by Gasteiger charge is -2.43. The molecule has 0 aromatic carbocycles. The predicted octanol–water partition coefficient (Wildman–Crippen LogP) is 4.36. The third-order valence-corrected chi connectivity index (χ3v) is 6.44. The first kappa shape index (κ1) is 19.4. The summed E-state index contributed by atoms with van der Waals surface area (Å²) in [7, 11) is 0. The standard InChI is InChI=1S/C18H27ClN4O2S/c1-2-16(24)22-10-8-14(9-11-22)23(13-6-4-3-5-7-13)18(25)21-17-20-12-15(19)26-17/h12-14H,2-11H2,1H3,(H,20,21,25). The molecule has 2 aliphatic rings. The zero-order valence-electron chi connectivity index (χ0n) is 15.2. The summed E-state index contributed by atoms with van der Waals surface area (Å²) in [5.41, 5.74) is 0. The molecule has 2 fully saturated rings. The lowest BCUT2D eigenvalue weighted by atomic mass is 9.91. The van der Waals surface area contributed by atoms with Gasteiger partial charge in [0.1, 0.15) is 4.34 Å². The molecule has 1 aliphatic heterocycles. The monoisotopic (exact) mass is 398 g/mol. The molecule has 1 N–H and O–H groups in total. The first-order valence-electron chi connectivity index (χ1n) is 9.57. The fourth-order valence-corrected chi connectivity index (χ4v) is 4.88. The summed E-state index contributed by atoms with van der Waals surface area (Å²) < 4.78 is 0.566. The maximum absolute atomic E-state index is 13.0. The molecule has 1 aromatic heterocycles. The summed E-state index contributed by atoms with van der Waals surface area (Å²) in [6, 6.07) is 0.371. The summed E-state index contributed by atoms with van der Waals surface area (Å²) in [6.07, 6.45) is 9.49. The Kier molecular flexibility index (Phi) is 6.75. The van der Waals surface area contributed by atoms with Gasteiger partial charge in [-0.2, -0.15) is 0 Å². The van der Waals surface area contributed by atoms with Crippen LogP contribution in [-0.2, 0) is 4.79 Å². The molecule has 0 unspecified atom stereocenters. The molecule has 6 nitrogen and oxygen atoms in total. The molecule has 26 heavy (non-hydrogen) atoms. The molecule has 0 spiro atoms. The van der Waals surface area contributed by atoms with E-state index in [4.69, 9.17) is 11.6 Å². The van der Waals surface area contributed by atoms with Crippen molar-refractivity contribution in [2.75, 3.05) is 18.4 Å². The van der Waals surface area contributed by atoms with Crippen molar-refractivity contribution in [2.45, 2.75) is 70.4 Å². The van der Waals surface area contributed by atoms with Crippen LogP contribution < -0.4 is 5.32 Å². The third kappa shape index (κ3) is 4.68. The van der Waals surface area contributed by atoms with Gasteiger partial charge in [-0.1, -0.05) is 49.1 Å². The highest BCUT2D eigenvalue weighted by Crippen LogP contribution is 2.30. The lowest BCUT2D eigenvalue weighted by molar-refractivity contribution is -0.132. The van der Waals surface area contributed by atoms with Crippen LogP contribution in [0.1, 0.15) is 58.3 Å². The van der Waals surface area contributed by atoms with Gasteiger partial charge >= 0.3 is 6.03 Å². The zero-order valence-corrected chi connectivity index (χ0v) is 16.8. The van der Waals surface area contributed by atoms with Crippen molar-refractivity contribution < 1.29 is 9.59 Å². The molecule has 1 aliphatic carbocycles. The smallest absolute Gasteiger partial charge is 0.324 e. The van der Waals surface area contributed by atoms with Gasteiger partial charge in [-0.25, -0.2) is 9.78 Å². The molecular formula is C18H27ClN4O2S. The van der Waals surface area contributed by atoms with Gasteiger partial charge in [0, 0.05) is 31.6 Å². The second-order valence-corrected chi connectivity index (χ2v) is 8.73. The van der Waals surface area contributed by atoms with Crippen LogP contribution in [-0.4, -0.2) is 51.9 Å². The van der Waals surface area contributed by atoms with E-state index in [0.29, 0.717) is 15.9 Å². The fraction of sp³-hybridized carbons (Fsp3) is 0.722. The van der Waals surface area contributed by atoms with Crippen molar-refractivity contribution in [3.63, 3.8) is 0 Å². The second kappa shape index (κ2) is 9.04. The summed E-state index contributed by atoms with van der Waals surface area (Å²) >= 11 is 7.21. The number of carbonyl (C=O) groups excluding carboxylic acids is 2. The second-order valence-electron chi connectivity index (χ2n) is 7.06. The van der Waals surface area contributed by atoms with Gasteiger partial charge in [0.2, 0.25) is 5.91 Å². The van der Waals surface area contributed by atoms with Crippen LogP contribution in [0.25, 0.3) is 0 Å². The van der Waals surface area contributed by atoms with Crippen molar-refractivity contribution >= 4 is 40.0 Å². The molecule has 1 aromatic rings. The Hall–Kier alpha value is -1.34. The number of nitrogens with one attached hydrogen (secondary N) is 1.